The Morgan fingerprint density at radius 2 is 1.89 bits per heavy atom. The first-order valence-electron chi connectivity index (χ1n) is 8.62. The highest BCUT2D eigenvalue weighted by Crippen LogP contribution is 2.28. The summed E-state index contributed by atoms with van der Waals surface area (Å²) < 4.78 is 1.92. The Morgan fingerprint density at radius 3 is 2.56 bits per heavy atom. The molecule has 0 saturated heterocycles. The minimum absolute atomic E-state index is 0.0227. The number of rotatable bonds is 7. The molecule has 27 heavy (non-hydrogen) atoms. The van der Waals surface area contributed by atoms with Gasteiger partial charge in [0.05, 0.1) is 5.75 Å². The van der Waals surface area contributed by atoms with Gasteiger partial charge >= 0.3 is 0 Å². The van der Waals surface area contributed by atoms with Crippen molar-refractivity contribution >= 4 is 29.3 Å². The highest BCUT2D eigenvalue weighted by atomic mass is 35.5. The molecule has 1 aromatic carbocycles. The van der Waals surface area contributed by atoms with E-state index in [0.29, 0.717) is 16.0 Å². The molecule has 6 nitrogen and oxygen atoms in total. The standard InChI is InChI=1S/C19H20ClN5OS/c1-3-13(2)22-17(26)12-27-19-24-23-18(14-8-10-21-11-9-14)25(19)16-6-4-15(20)5-7-16/h4-11,13H,3,12H2,1-2H3,(H,22,26)/t13-/m0/s1. The van der Waals surface area contributed by atoms with Crippen LogP contribution in [0.2, 0.25) is 5.02 Å². The molecule has 0 fully saturated rings. The summed E-state index contributed by atoms with van der Waals surface area (Å²) in [6.07, 6.45) is 4.31. The lowest BCUT2D eigenvalue weighted by Crippen LogP contribution is -2.33. The van der Waals surface area contributed by atoms with E-state index in [-0.39, 0.29) is 17.7 Å². The van der Waals surface area contributed by atoms with Crippen LogP contribution in [0.15, 0.2) is 53.9 Å². The van der Waals surface area contributed by atoms with E-state index in [0.717, 1.165) is 17.7 Å². The molecule has 0 aliphatic rings. The summed E-state index contributed by atoms with van der Waals surface area (Å²) in [6.45, 7) is 4.02. The van der Waals surface area contributed by atoms with Crippen LogP contribution in [0.25, 0.3) is 17.1 Å². The third-order valence-corrected chi connectivity index (χ3v) is 5.19. The van der Waals surface area contributed by atoms with Gasteiger partial charge in [0.2, 0.25) is 5.91 Å². The number of pyridine rings is 1. The number of hydrogen-bond donors (Lipinski definition) is 1. The number of carbonyl (C=O) groups excluding carboxylic acids is 1. The average molecular weight is 402 g/mol. The van der Waals surface area contributed by atoms with Crippen molar-refractivity contribution in [2.75, 3.05) is 5.75 Å². The van der Waals surface area contributed by atoms with Crippen LogP contribution in [0, 0.1) is 0 Å². The van der Waals surface area contributed by atoms with Gasteiger partial charge in [0, 0.05) is 34.7 Å². The first-order valence-corrected chi connectivity index (χ1v) is 9.98. The summed E-state index contributed by atoms with van der Waals surface area (Å²) in [5.41, 5.74) is 1.77. The lowest BCUT2D eigenvalue weighted by atomic mass is 10.2. The Kier molecular flexibility index (Phi) is 6.47. The highest BCUT2D eigenvalue weighted by Gasteiger charge is 2.17. The zero-order valence-corrected chi connectivity index (χ0v) is 16.7. The molecule has 140 valence electrons. The van der Waals surface area contributed by atoms with Gasteiger partial charge in [-0.2, -0.15) is 0 Å². The van der Waals surface area contributed by atoms with Crippen LogP contribution in [0.1, 0.15) is 20.3 Å². The van der Waals surface area contributed by atoms with Gasteiger partial charge in [-0.3, -0.25) is 14.3 Å². The number of thioether (sulfide) groups is 1. The largest absolute Gasteiger partial charge is 0.353 e. The number of halogens is 1. The second-order valence-electron chi connectivity index (χ2n) is 6.02. The van der Waals surface area contributed by atoms with Gasteiger partial charge < -0.3 is 5.32 Å². The SMILES string of the molecule is CC[C@H](C)NC(=O)CSc1nnc(-c2ccncc2)n1-c1ccc(Cl)cc1. The molecule has 3 rings (SSSR count). The summed E-state index contributed by atoms with van der Waals surface area (Å²) in [7, 11) is 0. The van der Waals surface area contributed by atoms with E-state index in [9.17, 15) is 4.79 Å². The van der Waals surface area contributed by atoms with Crippen molar-refractivity contribution in [1.82, 2.24) is 25.1 Å². The molecule has 0 bridgehead atoms. The number of nitrogens with zero attached hydrogens (tertiary/aromatic N) is 4. The Bertz CT molecular complexity index is 898. The van der Waals surface area contributed by atoms with E-state index in [1.807, 2.05) is 54.8 Å². The third-order valence-electron chi connectivity index (χ3n) is 4.01. The Balaban J connectivity index is 1.91. The predicted octanol–water partition coefficient (Wildman–Crippen LogP) is 3.99. The van der Waals surface area contributed by atoms with Crippen molar-refractivity contribution in [1.29, 1.82) is 0 Å². The summed E-state index contributed by atoms with van der Waals surface area (Å²) in [5.74, 6) is 0.932. The number of benzene rings is 1. The lowest BCUT2D eigenvalue weighted by Gasteiger charge is -2.12. The van der Waals surface area contributed by atoms with Crippen LogP contribution in [-0.4, -0.2) is 37.5 Å². The summed E-state index contributed by atoms with van der Waals surface area (Å²) in [4.78, 5) is 16.2. The van der Waals surface area contributed by atoms with Crippen molar-refractivity contribution in [3.63, 3.8) is 0 Å². The Hall–Kier alpha value is -2.38. The number of hydrogen-bond acceptors (Lipinski definition) is 5. The molecule has 1 atom stereocenters. The van der Waals surface area contributed by atoms with Gasteiger partial charge in [-0.1, -0.05) is 30.3 Å². The van der Waals surface area contributed by atoms with Crippen LogP contribution >= 0.6 is 23.4 Å². The number of amides is 1. The van der Waals surface area contributed by atoms with Gasteiger partial charge in [-0.05, 0) is 49.7 Å². The molecule has 1 N–H and O–H groups in total. The van der Waals surface area contributed by atoms with E-state index < -0.39 is 0 Å². The maximum absolute atomic E-state index is 12.1. The van der Waals surface area contributed by atoms with Crippen molar-refractivity contribution in [3.8, 4) is 17.1 Å². The predicted molar refractivity (Wildman–Crippen MR) is 108 cm³/mol. The van der Waals surface area contributed by atoms with Crippen molar-refractivity contribution < 1.29 is 4.79 Å². The number of aromatic nitrogens is 4. The van der Waals surface area contributed by atoms with Crippen molar-refractivity contribution in [3.05, 3.63) is 53.8 Å². The zero-order valence-electron chi connectivity index (χ0n) is 15.1. The molecule has 0 aliphatic carbocycles. The van der Waals surface area contributed by atoms with E-state index in [4.69, 9.17) is 11.6 Å². The fraction of sp³-hybridized carbons (Fsp3) is 0.263. The maximum atomic E-state index is 12.1. The normalized spacial score (nSPS) is 12.0. The summed E-state index contributed by atoms with van der Waals surface area (Å²) in [6, 6.07) is 11.3. The summed E-state index contributed by atoms with van der Waals surface area (Å²) >= 11 is 7.38. The smallest absolute Gasteiger partial charge is 0.230 e. The molecule has 3 aromatic rings. The summed E-state index contributed by atoms with van der Waals surface area (Å²) in [5, 5.41) is 12.9. The maximum Gasteiger partial charge on any atom is 0.230 e. The van der Waals surface area contributed by atoms with Gasteiger partial charge in [-0.15, -0.1) is 10.2 Å². The molecular weight excluding hydrogens is 382 g/mol. The van der Waals surface area contributed by atoms with Gasteiger partial charge in [-0.25, -0.2) is 0 Å². The van der Waals surface area contributed by atoms with Crippen molar-refractivity contribution in [2.24, 2.45) is 0 Å². The van der Waals surface area contributed by atoms with Gasteiger partial charge in [0.25, 0.3) is 0 Å². The fourth-order valence-corrected chi connectivity index (χ4v) is 3.31. The van der Waals surface area contributed by atoms with Crippen LogP contribution in [0.4, 0.5) is 0 Å². The molecule has 2 heterocycles. The molecule has 2 aromatic heterocycles. The van der Waals surface area contributed by atoms with E-state index in [2.05, 4.69) is 20.5 Å². The Labute approximate surface area is 167 Å². The number of carbonyl (C=O) groups is 1. The minimum atomic E-state index is -0.0227. The molecule has 1 amide bonds. The average Bonchev–Trinajstić information content (AvgIpc) is 3.11. The van der Waals surface area contributed by atoms with Gasteiger partial charge in [0.15, 0.2) is 11.0 Å². The first kappa shape index (κ1) is 19.4. The topological polar surface area (TPSA) is 72.7 Å². The van der Waals surface area contributed by atoms with E-state index in [1.165, 1.54) is 11.8 Å². The van der Waals surface area contributed by atoms with Crippen molar-refractivity contribution in [2.45, 2.75) is 31.5 Å². The zero-order chi connectivity index (χ0) is 19.2. The molecular formula is C19H20ClN5OS. The molecule has 0 radical (unpaired) electrons. The minimum Gasteiger partial charge on any atom is -0.353 e. The third kappa shape index (κ3) is 4.87. The van der Waals surface area contributed by atoms with E-state index in [1.54, 1.807) is 12.4 Å². The highest BCUT2D eigenvalue weighted by molar-refractivity contribution is 7.99. The second kappa shape index (κ2) is 9.01. The van der Waals surface area contributed by atoms with Crippen LogP contribution in [0.3, 0.4) is 0 Å². The molecule has 0 aliphatic heterocycles. The van der Waals surface area contributed by atoms with Crippen LogP contribution < -0.4 is 5.32 Å². The molecule has 0 unspecified atom stereocenters. The monoisotopic (exact) mass is 401 g/mol. The van der Waals surface area contributed by atoms with Gasteiger partial charge in [0.1, 0.15) is 0 Å². The Morgan fingerprint density at radius 1 is 1.19 bits per heavy atom. The van der Waals surface area contributed by atoms with E-state index >= 15 is 0 Å². The fourth-order valence-electron chi connectivity index (χ4n) is 2.42. The van der Waals surface area contributed by atoms with Crippen LogP contribution in [0.5, 0.6) is 0 Å². The van der Waals surface area contributed by atoms with Crippen LogP contribution in [-0.2, 0) is 4.79 Å². The quantitative estimate of drug-likeness (QED) is 0.606. The second-order valence-corrected chi connectivity index (χ2v) is 7.40. The first-order chi connectivity index (χ1) is 13.1. The number of nitrogens with one attached hydrogen (secondary N) is 1. The lowest BCUT2D eigenvalue weighted by molar-refractivity contribution is -0.119. The molecule has 0 saturated carbocycles. The molecule has 0 spiro atoms. The molecule has 8 heteroatoms.